The van der Waals surface area contributed by atoms with E-state index in [-0.39, 0.29) is 22.7 Å². The van der Waals surface area contributed by atoms with Crippen LogP contribution in [0.4, 0.5) is 23.7 Å². The van der Waals surface area contributed by atoms with Crippen LogP contribution in [0.3, 0.4) is 0 Å². The van der Waals surface area contributed by atoms with Crippen molar-refractivity contribution in [1.82, 2.24) is 0 Å². The smallest absolute Gasteiger partial charge is 0.351 e. The summed E-state index contributed by atoms with van der Waals surface area (Å²) in [6, 6.07) is 7.62. The summed E-state index contributed by atoms with van der Waals surface area (Å²) in [6.07, 6.45) is -4.95. The van der Waals surface area contributed by atoms with Crippen LogP contribution in [0.5, 0.6) is 0 Å². The van der Waals surface area contributed by atoms with E-state index >= 15 is 0 Å². The summed E-state index contributed by atoms with van der Waals surface area (Å²) in [7, 11) is 0. The van der Waals surface area contributed by atoms with E-state index in [1.807, 2.05) is 0 Å². The van der Waals surface area contributed by atoms with Gasteiger partial charge in [0.25, 0.3) is 0 Å². The molecule has 3 amide bonds. The predicted octanol–water partition coefficient (Wildman–Crippen LogP) is 3.68. The largest absolute Gasteiger partial charge is 0.416 e. The van der Waals surface area contributed by atoms with E-state index in [2.05, 4.69) is 0 Å². The first-order valence-corrected chi connectivity index (χ1v) is 8.09. The average molecular weight is 397 g/mol. The molecule has 1 atom stereocenters. The first-order valence-electron chi connectivity index (χ1n) is 7.72. The standard InChI is InChI=1S/C18H12ClF3N2O3/c19-12-4-2-1-3-9(12)7-14(25)15-11-8-10(18(20,21)22)5-6-13(11)24(16(15)26)17(23)27/h1-6,8,15H,7H2,(H2,23,27). The Balaban J connectivity index is 2.05. The lowest BCUT2D eigenvalue weighted by molar-refractivity contribution is -0.138. The molecule has 1 aliphatic rings. The zero-order chi connectivity index (χ0) is 19.9. The summed E-state index contributed by atoms with van der Waals surface area (Å²) in [5.74, 6) is -3.22. The van der Waals surface area contributed by atoms with Crippen LogP contribution in [0.2, 0.25) is 5.02 Å². The molecule has 2 aromatic carbocycles. The third-order valence-electron chi connectivity index (χ3n) is 4.24. The highest BCUT2D eigenvalue weighted by Crippen LogP contribution is 2.42. The maximum absolute atomic E-state index is 13.0. The summed E-state index contributed by atoms with van der Waals surface area (Å²) in [4.78, 5) is 37.4. The van der Waals surface area contributed by atoms with Crippen molar-refractivity contribution < 1.29 is 27.6 Å². The van der Waals surface area contributed by atoms with Crippen LogP contribution in [0.15, 0.2) is 42.5 Å². The van der Waals surface area contributed by atoms with Crippen molar-refractivity contribution in [3.63, 3.8) is 0 Å². The number of fused-ring (bicyclic) bond motifs is 1. The normalized spacial score (nSPS) is 16.4. The predicted molar refractivity (Wildman–Crippen MR) is 91.4 cm³/mol. The number of urea groups is 1. The number of amides is 3. The monoisotopic (exact) mass is 396 g/mol. The number of ketones is 1. The Morgan fingerprint density at radius 2 is 1.81 bits per heavy atom. The van der Waals surface area contributed by atoms with Crippen molar-refractivity contribution in [1.29, 1.82) is 0 Å². The molecule has 9 heteroatoms. The molecule has 2 aromatic rings. The number of halogens is 4. The van der Waals surface area contributed by atoms with Gasteiger partial charge in [-0.1, -0.05) is 29.8 Å². The zero-order valence-electron chi connectivity index (χ0n) is 13.6. The van der Waals surface area contributed by atoms with Gasteiger partial charge in [-0.3, -0.25) is 9.59 Å². The Bertz CT molecular complexity index is 959. The van der Waals surface area contributed by atoms with E-state index in [0.717, 1.165) is 12.1 Å². The number of primary amides is 1. The molecule has 0 spiro atoms. The van der Waals surface area contributed by atoms with Gasteiger partial charge in [0.2, 0.25) is 5.91 Å². The second-order valence-corrected chi connectivity index (χ2v) is 6.36. The van der Waals surface area contributed by atoms with E-state index in [4.69, 9.17) is 17.3 Å². The third-order valence-corrected chi connectivity index (χ3v) is 4.61. The molecule has 0 saturated heterocycles. The fraction of sp³-hybridized carbons (Fsp3) is 0.167. The first kappa shape index (κ1) is 18.9. The van der Waals surface area contributed by atoms with Crippen LogP contribution < -0.4 is 10.6 Å². The van der Waals surface area contributed by atoms with Gasteiger partial charge in [-0.25, -0.2) is 9.69 Å². The van der Waals surface area contributed by atoms with Gasteiger partial charge in [0.1, 0.15) is 5.92 Å². The molecular formula is C18H12ClF3N2O3. The number of benzene rings is 2. The van der Waals surface area contributed by atoms with Crippen molar-refractivity contribution in [3.8, 4) is 0 Å². The Morgan fingerprint density at radius 1 is 1.15 bits per heavy atom. The number of carbonyl (C=O) groups is 3. The number of hydrogen-bond donors (Lipinski definition) is 1. The van der Waals surface area contributed by atoms with Crippen LogP contribution in [0.1, 0.15) is 22.6 Å². The summed E-state index contributed by atoms with van der Waals surface area (Å²) < 4.78 is 39.1. The highest BCUT2D eigenvalue weighted by Gasteiger charge is 2.45. The molecule has 27 heavy (non-hydrogen) atoms. The highest BCUT2D eigenvalue weighted by atomic mass is 35.5. The Hall–Kier alpha value is -2.87. The topological polar surface area (TPSA) is 80.5 Å². The Labute approximate surface area is 156 Å². The van der Waals surface area contributed by atoms with E-state index in [1.54, 1.807) is 24.3 Å². The van der Waals surface area contributed by atoms with Crippen LogP contribution in [-0.4, -0.2) is 17.7 Å². The van der Waals surface area contributed by atoms with Gasteiger partial charge in [-0.05, 0) is 35.4 Å². The lowest BCUT2D eigenvalue weighted by Gasteiger charge is -2.13. The van der Waals surface area contributed by atoms with Gasteiger partial charge in [0.05, 0.1) is 11.3 Å². The van der Waals surface area contributed by atoms with Crippen LogP contribution in [0, 0.1) is 0 Å². The van der Waals surface area contributed by atoms with E-state index < -0.39 is 35.4 Å². The number of alkyl halides is 3. The molecule has 1 unspecified atom stereocenters. The molecule has 1 aliphatic heterocycles. The van der Waals surface area contributed by atoms with Crippen molar-refractivity contribution >= 4 is 35.0 Å². The number of nitrogens with two attached hydrogens (primary N) is 1. The quantitative estimate of drug-likeness (QED) is 0.804. The molecule has 3 rings (SSSR count). The Kier molecular flexibility index (Phi) is 4.69. The number of nitrogens with zero attached hydrogens (tertiary/aromatic N) is 1. The van der Waals surface area contributed by atoms with Crippen molar-refractivity contribution in [3.05, 3.63) is 64.2 Å². The number of Topliss-reactive ketones (excluding diaryl/α,β-unsaturated/α-hetero) is 1. The molecule has 140 valence electrons. The van der Waals surface area contributed by atoms with Crippen molar-refractivity contribution in [2.24, 2.45) is 5.73 Å². The SMILES string of the molecule is NC(=O)N1C(=O)C(C(=O)Cc2ccccc2Cl)c2cc(C(F)(F)F)ccc21. The van der Waals surface area contributed by atoms with Gasteiger partial charge < -0.3 is 5.73 Å². The van der Waals surface area contributed by atoms with Crippen LogP contribution in [-0.2, 0) is 22.2 Å². The molecule has 5 nitrogen and oxygen atoms in total. The van der Waals surface area contributed by atoms with Gasteiger partial charge in [0.15, 0.2) is 5.78 Å². The second-order valence-electron chi connectivity index (χ2n) is 5.95. The van der Waals surface area contributed by atoms with Crippen LogP contribution in [0.25, 0.3) is 0 Å². The fourth-order valence-corrected chi connectivity index (χ4v) is 3.22. The molecule has 0 fully saturated rings. The van der Waals surface area contributed by atoms with E-state index in [9.17, 15) is 27.6 Å². The molecule has 0 aromatic heterocycles. The number of rotatable bonds is 3. The summed E-state index contributed by atoms with van der Waals surface area (Å²) in [6.45, 7) is 0. The van der Waals surface area contributed by atoms with Crippen molar-refractivity contribution in [2.45, 2.75) is 18.5 Å². The van der Waals surface area contributed by atoms with Crippen molar-refractivity contribution in [2.75, 3.05) is 4.90 Å². The van der Waals surface area contributed by atoms with Gasteiger partial charge >= 0.3 is 12.2 Å². The molecule has 0 saturated carbocycles. The third kappa shape index (κ3) is 3.40. The number of carbonyl (C=O) groups excluding carboxylic acids is 3. The van der Waals surface area contributed by atoms with E-state index in [0.29, 0.717) is 16.5 Å². The zero-order valence-corrected chi connectivity index (χ0v) is 14.3. The Morgan fingerprint density at radius 3 is 2.41 bits per heavy atom. The number of anilines is 1. The molecule has 1 heterocycles. The number of imide groups is 1. The highest BCUT2D eigenvalue weighted by molar-refractivity contribution is 6.32. The summed E-state index contributed by atoms with van der Waals surface area (Å²) >= 11 is 6.01. The summed E-state index contributed by atoms with van der Waals surface area (Å²) in [5, 5.41) is 0.285. The minimum atomic E-state index is -4.67. The maximum atomic E-state index is 13.0. The van der Waals surface area contributed by atoms with Gasteiger partial charge in [0, 0.05) is 11.4 Å². The van der Waals surface area contributed by atoms with E-state index in [1.165, 1.54) is 0 Å². The fourth-order valence-electron chi connectivity index (χ4n) is 3.02. The molecule has 0 bridgehead atoms. The molecular weight excluding hydrogens is 385 g/mol. The molecule has 2 N–H and O–H groups in total. The molecule has 0 aliphatic carbocycles. The van der Waals surface area contributed by atoms with Gasteiger partial charge in [-0.15, -0.1) is 0 Å². The van der Waals surface area contributed by atoms with Gasteiger partial charge in [-0.2, -0.15) is 13.2 Å². The maximum Gasteiger partial charge on any atom is 0.416 e. The lowest BCUT2D eigenvalue weighted by atomic mass is 9.91. The number of hydrogen-bond acceptors (Lipinski definition) is 3. The lowest BCUT2D eigenvalue weighted by Crippen LogP contribution is -2.40. The minimum absolute atomic E-state index is 0.127. The molecule has 0 radical (unpaired) electrons. The average Bonchev–Trinajstić information content (AvgIpc) is 2.87. The second kappa shape index (κ2) is 6.70. The first-order chi connectivity index (χ1) is 12.6. The van der Waals surface area contributed by atoms with Crippen LogP contribution >= 0.6 is 11.6 Å². The minimum Gasteiger partial charge on any atom is -0.351 e. The summed E-state index contributed by atoms with van der Waals surface area (Å²) in [5.41, 5.74) is 4.24.